The van der Waals surface area contributed by atoms with Gasteiger partial charge in [-0.1, -0.05) is 49.4 Å². The Bertz CT molecular complexity index is 1160. The zero-order chi connectivity index (χ0) is 26.9. The molecule has 2 aromatic carbocycles. The number of aliphatic hydroxyl groups excluding tert-OH is 1. The largest absolute Gasteiger partial charge is 0.392 e. The van der Waals surface area contributed by atoms with E-state index in [4.69, 9.17) is 9.47 Å². The molecule has 4 atom stereocenters. The van der Waals surface area contributed by atoms with E-state index in [1.807, 2.05) is 79.9 Å². The Hall–Kier alpha value is -3.30. The normalized spacial score (nSPS) is 21.3. The van der Waals surface area contributed by atoms with E-state index in [9.17, 15) is 9.90 Å². The molecular formula is C30H38N4O4. The van der Waals surface area contributed by atoms with E-state index in [1.54, 1.807) is 0 Å². The highest BCUT2D eigenvalue weighted by Crippen LogP contribution is 2.42. The zero-order valence-electron chi connectivity index (χ0n) is 22.3. The van der Waals surface area contributed by atoms with Crippen molar-refractivity contribution >= 4 is 11.7 Å². The first kappa shape index (κ1) is 27.7. The van der Waals surface area contributed by atoms with Crippen molar-refractivity contribution in [1.82, 2.24) is 15.2 Å². The molecule has 0 saturated carbocycles. The Morgan fingerprint density at radius 2 is 1.87 bits per heavy atom. The van der Waals surface area contributed by atoms with Gasteiger partial charge in [-0.15, -0.1) is 0 Å². The molecule has 3 aromatic rings. The number of nitrogens with zero attached hydrogens (tertiary/aromatic N) is 2. The van der Waals surface area contributed by atoms with Crippen LogP contribution in [-0.4, -0.2) is 53.8 Å². The average Bonchev–Trinajstić information content (AvgIpc) is 2.94. The molecule has 1 fully saturated rings. The number of urea groups is 1. The lowest BCUT2D eigenvalue weighted by atomic mass is 9.90. The highest BCUT2D eigenvalue weighted by atomic mass is 16.7. The summed E-state index contributed by atoms with van der Waals surface area (Å²) in [6.07, 6.45) is 1.79. The Morgan fingerprint density at radius 3 is 2.58 bits per heavy atom. The molecule has 3 N–H and O–H groups in total. The van der Waals surface area contributed by atoms with Crippen molar-refractivity contribution < 1.29 is 19.4 Å². The van der Waals surface area contributed by atoms with Gasteiger partial charge in [-0.25, -0.2) is 4.79 Å². The Labute approximate surface area is 225 Å². The maximum absolute atomic E-state index is 12.1. The van der Waals surface area contributed by atoms with E-state index < -0.39 is 6.29 Å². The summed E-state index contributed by atoms with van der Waals surface area (Å²) in [5.41, 5.74) is 4.48. The predicted molar refractivity (Wildman–Crippen MR) is 148 cm³/mol. The van der Waals surface area contributed by atoms with Crippen LogP contribution in [0.25, 0.3) is 0 Å². The third kappa shape index (κ3) is 7.39. The van der Waals surface area contributed by atoms with Crippen LogP contribution >= 0.6 is 0 Å². The van der Waals surface area contributed by atoms with Crippen molar-refractivity contribution in [2.24, 2.45) is 5.92 Å². The molecule has 8 nitrogen and oxygen atoms in total. The Kier molecular flexibility index (Phi) is 9.84. The monoisotopic (exact) mass is 518 g/mol. The number of nitrogens with one attached hydrogen (secondary N) is 2. The number of benzene rings is 2. The van der Waals surface area contributed by atoms with E-state index >= 15 is 0 Å². The number of amides is 2. The SMILES string of the molecule is CCNC(=O)Nc1cccc(C2OC(CN(C)CCc3ccccn3)C(C)C(c3ccc(CO)cc3)O2)c1. The zero-order valence-corrected chi connectivity index (χ0v) is 22.3. The van der Waals surface area contributed by atoms with Gasteiger partial charge < -0.3 is 30.1 Å². The molecule has 0 radical (unpaired) electrons. The van der Waals surface area contributed by atoms with Crippen LogP contribution < -0.4 is 10.6 Å². The lowest BCUT2D eigenvalue weighted by molar-refractivity contribution is -0.275. The van der Waals surface area contributed by atoms with Gasteiger partial charge >= 0.3 is 6.03 Å². The van der Waals surface area contributed by atoms with E-state index in [-0.39, 0.29) is 30.8 Å². The van der Waals surface area contributed by atoms with Crippen molar-refractivity contribution in [3.63, 3.8) is 0 Å². The number of rotatable bonds is 10. The molecule has 202 valence electrons. The second-order valence-corrected chi connectivity index (χ2v) is 9.77. The van der Waals surface area contributed by atoms with Gasteiger partial charge in [0.1, 0.15) is 0 Å². The topological polar surface area (TPSA) is 96.0 Å². The summed E-state index contributed by atoms with van der Waals surface area (Å²) in [6.45, 7) is 6.17. The number of aromatic nitrogens is 1. The lowest BCUT2D eigenvalue weighted by Gasteiger charge is -2.42. The van der Waals surface area contributed by atoms with Crippen molar-refractivity contribution in [3.8, 4) is 0 Å². The fraction of sp³-hybridized carbons (Fsp3) is 0.400. The predicted octanol–water partition coefficient (Wildman–Crippen LogP) is 4.68. The molecule has 2 amide bonds. The maximum atomic E-state index is 12.1. The minimum atomic E-state index is -0.598. The molecule has 1 saturated heterocycles. The number of anilines is 1. The van der Waals surface area contributed by atoms with E-state index in [2.05, 4.69) is 34.5 Å². The smallest absolute Gasteiger partial charge is 0.319 e. The summed E-state index contributed by atoms with van der Waals surface area (Å²) in [5.74, 6) is 0.0835. The summed E-state index contributed by atoms with van der Waals surface area (Å²) < 4.78 is 13.1. The summed E-state index contributed by atoms with van der Waals surface area (Å²) in [5, 5.41) is 15.1. The molecular weight excluding hydrogens is 480 g/mol. The van der Waals surface area contributed by atoms with Crippen LogP contribution in [0.2, 0.25) is 0 Å². The standard InChI is InChI=1S/C30H38N4O4/c1-4-31-30(36)33-26-10-7-8-24(18-26)29-37-27(19-34(3)17-15-25-9-5-6-16-32-25)21(2)28(38-29)23-13-11-22(20-35)12-14-23/h5-14,16,18,21,27-29,35H,4,15,17,19-20H2,1-3H3,(H2,31,33,36). The van der Waals surface area contributed by atoms with Crippen molar-refractivity contribution in [3.05, 3.63) is 95.3 Å². The highest BCUT2D eigenvalue weighted by Gasteiger charge is 2.38. The first-order chi connectivity index (χ1) is 18.5. The van der Waals surface area contributed by atoms with Crippen LogP contribution in [0.3, 0.4) is 0 Å². The first-order valence-corrected chi connectivity index (χ1v) is 13.2. The van der Waals surface area contributed by atoms with E-state index in [0.29, 0.717) is 12.2 Å². The molecule has 4 unspecified atom stereocenters. The van der Waals surface area contributed by atoms with Gasteiger partial charge in [-0.2, -0.15) is 0 Å². The number of likely N-dealkylation sites (N-methyl/N-ethyl adjacent to an activating group) is 1. The Morgan fingerprint density at radius 1 is 1.05 bits per heavy atom. The summed E-state index contributed by atoms with van der Waals surface area (Å²) in [7, 11) is 2.10. The molecule has 1 aromatic heterocycles. The third-order valence-electron chi connectivity index (χ3n) is 6.84. The molecule has 0 bridgehead atoms. The van der Waals surface area contributed by atoms with Gasteiger partial charge in [0.2, 0.25) is 0 Å². The third-order valence-corrected chi connectivity index (χ3v) is 6.84. The number of carbonyl (C=O) groups excluding carboxylic acids is 1. The second kappa shape index (κ2) is 13.5. The van der Waals surface area contributed by atoms with Gasteiger partial charge in [0.05, 0.1) is 18.8 Å². The van der Waals surface area contributed by atoms with E-state index in [0.717, 1.165) is 41.9 Å². The van der Waals surface area contributed by atoms with Crippen LogP contribution in [0.5, 0.6) is 0 Å². The van der Waals surface area contributed by atoms with Crippen molar-refractivity contribution in [2.45, 2.75) is 45.4 Å². The van der Waals surface area contributed by atoms with Gasteiger partial charge in [0, 0.05) is 55.1 Å². The fourth-order valence-electron chi connectivity index (χ4n) is 4.68. The average molecular weight is 519 g/mol. The summed E-state index contributed by atoms with van der Waals surface area (Å²) in [4.78, 5) is 18.8. The number of aliphatic hydroxyl groups is 1. The number of carbonyl (C=O) groups is 1. The highest BCUT2D eigenvalue weighted by molar-refractivity contribution is 5.89. The fourth-order valence-corrected chi connectivity index (χ4v) is 4.68. The molecule has 2 heterocycles. The van der Waals surface area contributed by atoms with Crippen molar-refractivity contribution in [2.75, 3.05) is 32.0 Å². The Balaban J connectivity index is 1.53. The molecule has 0 aliphatic carbocycles. The number of hydrogen-bond donors (Lipinski definition) is 3. The molecule has 0 spiro atoms. The number of hydrogen-bond acceptors (Lipinski definition) is 6. The van der Waals surface area contributed by atoms with Gasteiger partial charge in [-0.05, 0) is 49.4 Å². The van der Waals surface area contributed by atoms with Crippen LogP contribution in [-0.2, 0) is 22.5 Å². The van der Waals surface area contributed by atoms with Crippen LogP contribution in [0.4, 0.5) is 10.5 Å². The molecule has 8 heteroatoms. The van der Waals surface area contributed by atoms with Crippen molar-refractivity contribution in [1.29, 1.82) is 0 Å². The number of pyridine rings is 1. The van der Waals surface area contributed by atoms with Crippen LogP contribution in [0.1, 0.15) is 48.6 Å². The van der Waals surface area contributed by atoms with Crippen LogP contribution in [0.15, 0.2) is 72.9 Å². The maximum Gasteiger partial charge on any atom is 0.319 e. The molecule has 1 aliphatic heterocycles. The molecule has 38 heavy (non-hydrogen) atoms. The molecule has 1 aliphatic rings. The second-order valence-electron chi connectivity index (χ2n) is 9.77. The quantitative estimate of drug-likeness (QED) is 0.361. The van der Waals surface area contributed by atoms with Gasteiger partial charge in [0.15, 0.2) is 6.29 Å². The minimum Gasteiger partial charge on any atom is -0.392 e. The van der Waals surface area contributed by atoms with Gasteiger partial charge in [0.25, 0.3) is 0 Å². The minimum absolute atomic E-state index is 0.00217. The first-order valence-electron chi connectivity index (χ1n) is 13.2. The van der Waals surface area contributed by atoms with Crippen LogP contribution in [0, 0.1) is 5.92 Å². The lowest BCUT2D eigenvalue weighted by Crippen LogP contribution is -2.44. The summed E-state index contributed by atoms with van der Waals surface area (Å²) >= 11 is 0. The summed E-state index contributed by atoms with van der Waals surface area (Å²) in [6, 6.07) is 21.2. The number of ether oxygens (including phenoxy) is 2. The van der Waals surface area contributed by atoms with E-state index in [1.165, 1.54) is 0 Å². The molecule has 4 rings (SSSR count). The van der Waals surface area contributed by atoms with Gasteiger partial charge in [-0.3, -0.25) is 4.98 Å².